The van der Waals surface area contributed by atoms with Crippen molar-refractivity contribution < 1.29 is 9.53 Å². The van der Waals surface area contributed by atoms with Crippen molar-refractivity contribution in [2.45, 2.75) is 0 Å². The number of H-pyrrole nitrogens is 1. The fourth-order valence-electron chi connectivity index (χ4n) is 1.83. The lowest BCUT2D eigenvalue weighted by molar-refractivity contribution is 0.112. The summed E-state index contributed by atoms with van der Waals surface area (Å²) in [4.78, 5) is 13.6. The summed E-state index contributed by atoms with van der Waals surface area (Å²) in [7, 11) is 0. The lowest BCUT2D eigenvalue weighted by Gasteiger charge is -2.11. The first-order valence-electron chi connectivity index (χ1n) is 4.78. The van der Waals surface area contributed by atoms with Crippen molar-refractivity contribution in [3.05, 3.63) is 35.5 Å². The Labute approximate surface area is 86.4 Å². The second-order valence-electron chi connectivity index (χ2n) is 3.53. The smallest absolute Gasteiger partial charge is 0.166 e. The van der Waals surface area contributed by atoms with Gasteiger partial charge in [-0.05, 0) is 18.2 Å². The molecule has 3 heteroatoms. The maximum absolute atomic E-state index is 10.6. The maximum atomic E-state index is 10.6. The Balaban J connectivity index is 2.29. The number of carbonyl (C=O) groups excluding carboxylic acids is 1. The first-order chi connectivity index (χ1) is 7.36. The predicted molar refractivity (Wildman–Crippen MR) is 58.2 cm³/mol. The summed E-state index contributed by atoms with van der Waals surface area (Å²) in [5, 5.41) is 1.03. The second kappa shape index (κ2) is 2.98. The van der Waals surface area contributed by atoms with Crippen LogP contribution in [0, 0.1) is 0 Å². The van der Waals surface area contributed by atoms with E-state index in [0.717, 1.165) is 28.5 Å². The van der Waals surface area contributed by atoms with Crippen LogP contribution >= 0.6 is 0 Å². The molecule has 0 fully saturated rings. The molecule has 15 heavy (non-hydrogen) atoms. The largest absolute Gasteiger partial charge is 0.489 e. The summed E-state index contributed by atoms with van der Waals surface area (Å²) in [6, 6.07) is 5.79. The summed E-state index contributed by atoms with van der Waals surface area (Å²) >= 11 is 0. The zero-order valence-corrected chi connectivity index (χ0v) is 7.99. The second-order valence-corrected chi connectivity index (χ2v) is 3.53. The number of ether oxygens (including phenoxy) is 1. The van der Waals surface area contributed by atoms with Gasteiger partial charge in [0.25, 0.3) is 0 Å². The Morgan fingerprint density at radius 3 is 3.13 bits per heavy atom. The van der Waals surface area contributed by atoms with Gasteiger partial charge in [-0.15, -0.1) is 0 Å². The number of aromatic amines is 1. The Morgan fingerprint density at radius 1 is 1.33 bits per heavy atom. The number of rotatable bonds is 1. The third-order valence-electron chi connectivity index (χ3n) is 2.53. The molecule has 0 spiro atoms. The Bertz CT molecular complexity index is 566. The summed E-state index contributed by atoms with van der Waals surface area (Å²) in [6.07, 6.45) is 4.82. The fraction of sp³-hybridized carbons (Fsp3) is 0.0833. The highest BCUT2D eigenvalue weighted by atomic mass is 16.5. The van der Waals surface area contributed by atoms with Crippen LogP contribution in [0.15, 0.2) is 24.3 Å². The van der Waals surface area contributed by atoms with Crippen LogP contribution in [-0.2, 0) is 0 Å². The summed E-state index contributed by atoms with van der Waals surface area (Å²) in [5.74, 6) is 0.865. The lowest BCUT2D eigenvalue weighted by Crippen LogP contribution is -1.99. The molecule has 74 valence electrons. The molecule has 1 aromatic carbocycles. The highest BCUT2D eigenvalue weighted by molar-refractivity contribution is 5.90. The van der Waals surface area contributed by atoms with Crippen molar-refractivity contribution in [2.75, 3.05) is 6.61 Å². The van der Waals surface area contributed by atoms with Crippen LogP contribution in [0.3, 0.4) is 0 Å². The minimum Gasteiger partial charge on any atom is -0.489 e. The minimum absolute atomic E-state index is 0.594. The molecule has 3 rings (SSSR count). The normalized spacial score (nSPS) is 13.6. The number of nitrogens with one attached hydrogen (secondary N) is 1. The van der Waals surface area contributed by atoms with Crippen LogP contribution in [0.2, 0.25) is 0 Å². The number of benzene rings is 1. The van der Waals surface area contributed by atoms with Gasteiger partial charge in [-0.2, -0.15) is 0 Å². The molecule has 3 nitrogen and oxygen atoms in total. The minimum atomic E-state index is 0.594. The molecular formula is C12H9NO2. The first-order valence-corrected chi connectivity index (χ1v) is 4.78. The molecular weight excluding hydrogens is 190 g/mol. The van der Waals surface area contributed by atoms with E-state index in [4.69, 9.17) is 4.74 Å². The van der Waals surface area contributed by atoms with Gasteiger partial charge in [-0.3, -0.25) is 4.79 Å². The molecule has 0 atom stereocenters. The number of aromatic nitrogens is 1. The van der Waals surface area contributed by atoms with Gasteiger partial charge in [0, 0.05) is 22.5 Å². The van der Waals surface area contributed by atoms with E-state index >= 15 is 0 Å². The van der Waals surface area contributed by atoms with Gasteiger partial charge in [0.1, 0.15) is 12.4 Å². The van der Waals surface area contributed by atoms with Gasteiger partial charge in [-0.1, -0.05) is 6.08 Å². The van der Waals surface area contributed by atoms with Crippen molar-refractivity contribution in [1.82, 2.24) is 4.98 Å². The van der Waals surface area contributed by atoms with Crippen LogP contribution in [0.25, 0.3) is 17.0 Å². The van der Waals surface area contributed by atoms with E-state index in [0.29, 0.717) is 12.3 Å². The highest BCUT2D eigenvalue weighted by Crippen LogP contribution is 2.29. The van der Waals surface area contributed by atoms with E-state index in [9.17, 15) is 4.79 Å². The van der Waals surface area contributed by atoms with Gasteiger partial charge in [0.15, 0.2) is 6.29 Å². The summed E-state index contributed by atoms with van der Waals surface area (Å²) < 4.78 is 5.48. The standard InChI is InChI=1S/C12H9NO2/c14-7-10-5-9-4-8-2-1-3-15-12(8)6-11(9)13-10/h1-2,4-7,13H,3H2. The van der Waals surface area contributed by atoms with E-state index in [1.54, 1.807) is 0 Å². The van der Waals surface area contributed by atoms with Crippen LogP contribution in [0.5, 0.6) is 5.75 Å². The molecule has 1 aliphatic rings. The first kappa shape index (κ1) is 8.29. The van der Waals surface area contributed by atoms with Gasteiger partial charge >= 0.3 is 0 Å². The molecule has 1 N–H and O–H groups in total. The zero-order chi connectivity index (χ0) is 10.3. The number of carbonyl (C=O) groups is 1. The number of fused-ring (bicyclic) bond motifs is 2. The Morgan fingerprint density at radius 2 is 2.27 bits per heavy atom. The van der Waals surface area contributed by atoms with E-state index in [2.05, 4.69) is 4.98 Å². The van der Waals surface area contributed by atoms with E-state index in [-0.39, 0.29) is 0 Å². The SMILES string of the molecule is O=Cc1cc2cc3c(cc2[nH]1)OCC=C3. The fourth-order valence-corrected chi connectivity index (χ4v) is 1.83. The molecule has 2 aromatic rings. The third-order valence-corrected chi connectivity index (χ3v) is 2.53. The van der Waals surface area contributed by atoms with Crippen LogP contribution < -0.4 is 4.74 Å². The highest BCUT2D eigenvalue weighted by Gasteiger charge is 2.08. The summed E-state index contributed by atoms with van der Waals surface area (Å²) in [6.45, 7) is 0.611. The number of aldehydes is 1. The Hall–Kier alpha value is -2.03. The molecule has 2 heterocycles. The molecule has 1 aliphatic heterocycles. The van der Waals surface area contributed by atoms with E-state index in [1.807, 2.05) is 30.4 Å². The van der Waals surface area contributed by atoms with Gasteiger partial charge in [0.05, 0.1) is 5.69 Å². The van der Waals surface area contributed by atoms with Crippen molar-refractivity contribution in [3.63, 3.8) is 0 Å². The van der Waals surface area contributed by atoms with Crippen molar-refractivity contribution in [3.8, 4) is 5.75 Å². The van der Waals surface area contributed by atoms with Gasteiger partial charge < -0.3 is 9.72 Å². The molecule has 1 aromatic heterocycles. The molecule has 0 saturated heterocycles. The maximum Gasteiger partial charge on any atom is 0.166 e. The van der Waals surface area contributed by atoms with Crippen LogP contribution in [0.1, 0.15) is 16.1 Å². The topological polar surface area (TPSA) is 42.1 Å². The monoisotopic (exact) mass is 199 g/mol. The third kappa shape index (κ3) is 1.24. The van der Waals surface area contributed by atoms with Gasteiger partial charge in [0.2, 0.25) is 0 Å². The average molecular weight is 199 g/mol. The number of hydrogen-bond donors (Lipinski definition) is 1. The number of hydrogen-bond acceptors (Lipinski definition) is 2. The van der Waals surface area contributed by atoms with E-state index in [1.165, 1.54) is 0 Å². The Kier molecular flexibility index (Phi) is 1.65. The van der Waals surface area contributed by atoms with Crippen molar-refractivity contribution in [2.24, 2.45) is 0 Å². The zero-order valence-electron chi connectivity index (χ0n) is 7.99. The quantitative estimate of drug-likeness (QED) is 0.716. The molecule has 0 aliphatic carbocycles. The van der Waals surface area contributed by atoms with Crippen molar-refractivity contribution in [1.29, 1.82) is 0 Å². The molecule has 0 saturated carbocycles. The summed E-state index contributed by atoms with van der Waals surface area (Å²) in [5.41, 5.74) is 2.59. The lowest BCUT2D eigenvalue weighted by atomic mass is 10.1. The molecule has 0 unspecified atom stereocenters. The van der Waals surface area contributed by atoms with E-state index < -0.39 is 0 Å². The average Bonchev–Trinajstić information content (AvgIpc) is 2.67. The molecule has 0 radical (unpaired) electrons. The van der Waals surface area contributed by atoms with Crippen LogP contribution in [-0.4, -0.2) is 17.9 Å². The molecule has 0 amide bonds. The molecule has 0 bridgehead atoms. The van der Waals surface area contributed by atoms with Crippen LogP contribution in [0.4, 0.5) is 0 Å². The van der Waals surface area contributed by atoms with Crippen molar-refractivity contribution >= 4 is 23.3 Å². The van der Waals surface area contributed by atoms with Gasteiger partial charge in [-0.25, -0.2) is 0 Å². The predicted octanol–water partition coefficient (Wildman–Crippen LogP) is 2.39.